The van der Waals surface area contributed by atoms with Gasteiger partial charge in [-0.05, 0) is 22.3 Å². The number of carboxylic acids is 1. The maximum Gasteiger partial charge on any atom is 1.00 e. The Morgan fingerprint density at radius 3 is 1.57 bits per heavy atom. The van der Waals surface area contributed by atoms with Gasteiger partial charge >= 0.3 is 56.4 Å². The number of nitrogens with one attached hydrogen (secondary N) is 1. The van der Waals surface area contributed by atoms with Crippen molar-refractivity contribution in [2.45, 2.75) is 87.8 Å². The molecule has 0 saturated carbocycles. The van der Waals surface area contributed by atoms with Gasteiger partial charge in [0.25, 0.3) is 0 Å². The largest absolute Gasteiger partial charge is 1.00 e. The van der Waals surface area contributed by atoms with Crippen molar-refractivity contribution >= 4 is 32.9 Å². The number of ether oxygens (including phenoxy) is 8. The monoisotopic (exact) mass is 984 g/mol. The Kier molecular flexibility index (Phi) is 21.1. The molecule has 0 aliphatic carbocycles. The summed E-state index contributed by atoms with van der Waals surface area (Å²) in [6, 6.07) is 33.4. The summed E-state index contributed by atoms with van der Waals surface area (Å²) in [5, 5.41) is 15.4. The first-order chi connectivity index (χ1) is 31.6. The van der Waals surface area contributed by atoms with E-state index in [-0.39, 0.29) is 62.5 Å². The third-order valence-corrected chi connectivity index (χ3v) is 10.9. The zero-order valence-corrected chi connectivity index (χ0v) is 39.6. The fraction of sp³-hybridized carbons (Fsp3) is 0.395. The number of alkyl carbamates (subject to hydrolysis) is 1. The van der Waals surface area contributed by atoms with Gasteiger partial charge in [0.2, 0.25) is 0 Å². The van der Waals surface area contributed by atoms with E-state index in [2.05, 4.69) is 5.32 Å². The van der Waals surface area contributed by atoms with Crippen LogP contribution in [0.15, 0.2) is 121 Å². The van der Waals surface area contributed by atoms with Crippen molar-refractivity contribution in [3.8, 4) is 0 Å². The first-order valence-corrected chi connectivity index (χ1v) is 23.1. The van der Waals surface area contributed by atoms with E-state index in [0.29, 0.717) is 22.3 Å². The zero-order chi connectivity index (χ0) is 47.1. The van der Waals surface area contributed by atoms with Gasteiger partial charge in [-0.2, -0.15) is 16.8 Å². The zero-order valence-electron chi connectivity index (χ0n) is 36.0. The average molecular weight is 985 g/mol. The van der Waals surface area contributed by atoms with Gasteiger partial charge < -0.3 is 58.8 Å². The smallest absolute Gasteiger partial charge is 0.547 e. The Bertz CT molecular complexity index is 2340. The van der Waals surface area contributed by atoms with Crippen molar-refractivity contribution in [3.05, 3.63) is 144 Å². The molecule has 21 nitrogen and oxygen atoms in total. The number of carboxylic acid groups (broad SMARTS) is 1. The van der Waals surface area contributed by atoms with Crippen LogP contribution in [0.3, 0.4) is 0 Å². The van der Waals surface area contributed by atoms with Gasteiger partial charge in [0.05, 0.1) is 45.0 Å². The number of amides is 1. The Hall–Kier alpha value is -3.96. The summed E-state index contributed by atoms with van der Waals surface area (Å²) in [5.41, 5.74) is 9.42. The second-order valence-corrected chi connectivity index (χ2v) is 16.9. The molecule has 4 aromatic rings. The summed E-state index contributed by atoms with van der Waals surface area (Å²) >= 11 is 0. The van der Waals surface area contributed by atoms with E-state index in [4.69, 9.17) is 52.0 Å². The van der Waals surface area contributed by atoms with Crippen LogP contribution in [0, 0.1) is 0 Å². The molecule has 0 bridgehead atoms. The minimum Gasteiger partial charge on any atom is -0.547 e. The van der Waals surface area contributed by atoms with E-state index in [1.54, 1.807) is 121 Å². The van der Waals surface area contributed by atoms with Crippen molar-refractivity contribution in [2.75, 3.05) is 19.8 Å². The van der Waals surface area contributed by atoms with E-state index in [0.717, 1.165) is 0 Å². The molecule has 5 N–H and O–H groups in total. The predicted octanol–water partition coefficient (Wildman–Crippen LogP) is -1.39. The number of hydrogen-bond donors (Lipinski definition) is 4. The van der Waals surface area contributed by atoms with E-state index in [9.17, 15) is 40.6 Å². The summed E-state index contributed by atoms with van der Waals surface area (Å²) in [5.74, 6) is -1.92. The molecule has 2 aliphatic rings. The average Bonchev–Trinajstić information content (AvgIpc) is 3.29. The minimum atomic E-state index is -5.40. The summed E-state index contributed by atoms with van der Waals surface area (Å²) in [4.78, 5) is 25.4. The van der Waals surface area contributed by atoms with Crippen molar-refractivity contribution in [2.24, 2.45) is 5.73 Å². The third kappa shape index (κ3) is 17.2. The third-order valence-electron chi connectivity index (χ3n) is 10.0. The van der Waals surface area contributed by atoms with E-state index in [1.807, 2.05) is 0 Å². The Morgan fingerprint density at radius 2 is 1.09 bits per heavy atom. The topological polar surface area (TPSA) is 296 Å². The second-order valence-electron chi connectivity index (χ2n) is 14.8. The van der Waals surface area contributed by atoms with Gasteiger partial charge in [0, 0.05) is 6.54 Å². The number of rotatable bonds is 23. The first kappa shape index (κ1) is 54.0. The Labute approximate surface area is 409 Å². The standard InChI is InChI=1S/C43H50N2O19S2.Na/c44-33-35(57-24-29-15-7-2-8-16-29)34(56-23-28-13-5-1-6-14-28)32(27-60-65(49,50)51)61-41(33)62-37-36(58-25-30-17-9-3-10-18-30)39(64-66(52,53)54)42(63-38(37)40(46)47)55-22-21-45-43(48)59-26-31-19-11-4-12-20-31;/h1-20,32-39,41-42H,21-27,44H2,(H,45,48)(H,46,47)(H,49,50,51)(H,52,53,54);/q;+1/p-1/t32-,33-,34-,35-,36+,37+,38-,39-,41-,42-;/m1./s1. The molecule has 358 valence electrons. The number of nitrogens with two attached hydrogens (primary N) is 1. The van der Waals surface area contributed by atoms with Crippen LogP contribution >= 0.6 is 0 Å². The Balaban J connectivity index is 0.00000840. The van der Waals surface area contributed by atoms with E-state index < -0.39 is 107 Å². The molecule has 4 aromatic carbocycles. The summed E-state index contributed by atoms with van der Waals surface area (Å²) in [6.07, 6.45) is -16.7. The fourth-order valence-electron chi connectivity index (χ4n) is 7.02. The molecule has 0 unspecified atom stereocenters. The molecule has 6 rings (SSSR count). The van der Waals surface area contributed by atoms with Crippen molar-refractivity contribution in [1.82, 2.24) is 5.32 Å². The summed E-state index contributed by atoms with van der Waals surface area (Å²) in [7, 11) is -10.5. The van der Waals surface area contributed by atoms with Gasteiger partial charge in [-0.25, -0.2) is 13.2 Å². The molecule has 2 aliphatic heterocycles. The summed E-state index contributed by atoms with van der Waals surface area (Å²) < 4.78 is 126. The van der Waals surface area contributed by atoms with Crippen molar-refractivity contribution < 1.29 is 116 Å². The molecule has 67 heavy (non-hydrogen) atoms. The summed E-state index contributed by atoms with van der Waals surface area (Å²) in [6.45, 7) is -2.16. The van der Waals surface area contributed by atoms with Gasteiger partial charge in [-0.1, -0.05) is 121 Å². The molecular weight excluding hydrogens is 936 g/mol. The van der Waals surface area contributed by atoms with Crippen LogP contribution in [-0.2, 0) is 98.3 Å². The predicted molar refractivity (Wildman–Crippen MR) is 225 cm³/mol. The van der Waals surface area contributed by atoms with Crippen LogP contribution < -0.4 is 45.7 Å². The minimum absolute atomic E-state index is 0. The molecule has 2 heterocycles. The molecule has 2 saturated heterocycles. The van der Waals surface area contributed by atoms with E-state index >= 15 is 0 Å². The molecule has 0 spiro atoms. The number of benzene rings is 4. The van der Waals surface area contributed by atoms with Gasteiger partial charge in [0.1, 0.15) is 43.2 Å². The molecule has 0 aromatic heterocycles. The van der Waals surface area contributed by atoms with E-state index in [1.165, 1.54) is 0 Å². The van der Waals surface area contributed by atoms with Crippen LogP contribution in [0.25, 0.3) is 0 Å². The molecule has 1 amide bonds. The molecule has 0 radical (unpaired) electrons. The van der Waals surface area contributed by atoms with Crippen LogP contribution in [0.2, 0.25) is 0 Å². The quantitative estimate of drug-likeness (QED) is 0.0378. The Morgan fingerprint density at radius 1 is 0.612 bits per heavy atom. The van der Waals surface area contributed by atoms with Gasteiger partial charge in [-0.15, -0.1) is 0 Å². The molecule has 24 heteroatoms. The number of hydrogen-bond acceptors (Lipinski definition) is 18. The number of carbonyl (C=O) groups is 2. The molecule has 2 fully saturated rings. The first-order valence-electron chi connectivity index (χ1n) is 20.4. The van der Waals surface area contributed by atoms with Gasteiger partial charge in [-0.3, -0.25) is 9.11 Å². The molecular formula is C43H49N2NaO19S2. The maximum atomic E-state index is 13.0. The van der Waals surface area contributed by atoms with Crippen molar-refractivity contribution in [1.29, 1.82) is 0 Å². The maximum absolute atomic E-state index is 13.0. The number of carbonyl (C=O) groups excluding carboxylic acids is 2. The SMILES string of the molecule is N[C@H]1[C@@H](O[C@H]2[C@H](OCc3ccccc3)[C@@H](OS(=O)(=O)O)[C@H](OCCNC(=O)OCc3ccccc3)O[C@H]2C(=O)[O-])O[C@H](COS(=O)(=O)O)[C@@H](OCc2ccccc2)[C@@H]1OCc1ccccc1.[Na+]. The fourth-order valence-corrected chi connectivity index (χ4v) is 7.80. The normalized spacial score (nSPS) is 25.4. The second kappa shape index (κ2) is 26.1. The van der Waals surface area contributed by atoms with Crippen LogP contribution in [0.5, 0.6) is 0 Å². The van der Waals surface area contributed by atoms with Crippen LogP contribution in [0.4, 0.5) is 4.79 Å². The van der Waals surface area contributed by atoms with Crippen LogP contribution in [0.1, 0.15) is 22.3 Å². The molecule has 10 atom stereocenters. The van der Waals surface area contributed by atoms with Crippen LogP contribution in [-0.4, -0.2) is 119 Å². The number of aliphatic carboxylic acids is 1. The van der Waals surface area contributed by atoms with Gasteiger partial charge in [0.15, 0.2) is 18.7 Å². The van der Waals surface area contributed by atoms with Crippen molar-refractivity contribution in [3.63, 3.8) is 0 Å².